The Kier molecular flexibility index (Phi) is 5.24. The van der Waals surface area contributed by atoms with Crippen LogP contribution in [0.15, 0.2) is 24.3 Å². The van der Waals surface area contributed by atoms with Crippen LogP contribution in [0.1, 0.15) is 5.56 Å². The van der Waals surface area contributed by atoms with E-state index in [9.17, 15) is 19.8 Å². The molecule has 0 aliphatic rings. The molecule has 1 unspecified atom stereocenters. The zero-order valence-corrected chi connectivity index (χ0v) is 12.2. The maximum atomic E-state index is 12.4. The Labute approximate surface area is 116 Å². The summed E-state index contributed by atoms with van der Waals surface area (Å²) in [6.07, 6.45) is 0. The lowest BCUT2D eigenvalue weighted by Crippen LogP contribution is -2.35. The molecule has 1 rings (SSSR count). The summed E-state index contributed by atoms with van der Waals surface area (Å²) in [5.41, 5.74) is 0.0435. The van der Waals surface area contributed by atoms with Crippen LogP contribution in [0.4, 0.5) is 0 Å². The Hall–Kier alpha value is -1.47. The zero-order chi connectivity index (χ0) is 15.4. The molecule has 0 aromatic heterocycles. The molecular weight excluding hydrogens is 289 g/mol. The van der Waals surface area contributed by atoms with Gasteiger partial charge in [-0.1, -0.05) is 12.1 Å². The molecule has 1 aromatic rings. The fourth-order valence-electron chi connectivity index (χ4n) is 1.75. The van der Waals surface area contributed by atoms with Crippen molar-refractivity contribution in [1.82, 2.24) is 0 Å². The second kappa shape index (κ2) is 6.32. The van der Waals surface area contributed by atoms with E-state index in [2.05, 4.69) is 0 Å². The third-order valence-corrected chi connectivity index (χ3v) is 5.10. The van der Waals surface area contributed by atoms with Gasteiger partial charge in [0.1, 0.15) is 5.75 Å². The second-order valence-corrected chi connectivity index (χ2v) is 6.36. The number of hydrogen-bond acceptors (Lipinski definition) is 7. The van der Waals surface area contributed by atoms with Crippen molar-refractivity contribution in [2.75, 3.05) is 27.9 Å². The molecular formula is C11H16NO7P. The molecule has 0 aliphatic carbocycles. The second-order valence-electron chi connectivity index (χ2n) is 3.90. The van der Waals surface area contributed by atoms with E-state index < -0.39 is 24.4 Å². The lowest BCUT2D eigenvalue weighted by atomic mass is 10.1. The maximum absolute atomic E-state index is 12.4. The number of nitro groups is 1. The number of methoxy groups -OCH3 is 1. The van der Waals surface area contributed by atoms with Gasteiger partial charge in [0, 0.05) is 24.7 Å². The van der Waals surface area contributed by atoms with Crippen molar-refractivity contribution in [2.24, 2.45) is 0 Å². The van der Waals surface area contributed by atoms with Gasteiger partial charge in [-0.3, -0.25) is 14.7 Å². The molecule has 0 fully saturated rings. The minimum absolute atomic E-state index is 0.0435. The summed E-state index contributed by atoms with van der Waals surface area (Å²) in [5, 5.41) is 18.9. The average molecular weight is 305 g/mol. The van der Waals surface area contributed by atoms with Gasteiger partial charge in [0.15, 0.2) is 0 Å². The van der Waals surface area contributed by atoms with Crippen LogP contribution < -0.4 is 4.74 Å². The standard InChI is InChI=1S/C11H16NO7P/c1-17-10-6-4-9(5-7-10)11(13,8-12(14)15)20(16,18-2)19-3/h4-7,13H,8H2,1-3H3. The molecule has 1 N–H and O–H groups in total. The number of benzene rings is 1. The van der Waals surface area contributed by atoms with Crippen LogP contribution in [0.3, 0.4) is 0 Å². The largest absolute Gasteiger partial charge is 0.497 e. The van der Waals surface area contributed by atoms with E-state index in [0.29, 0.717) is 5.75 Å². The third kappa shape index (κ3) is 2.99. The van der Waals surface area contributed by atoms with Gasteiger partial charge < -0.3 is 18.9 Å². The van der Waals surface area contributed by atoms with Gasteiger partial charge >= 0.3 is 7.60 Å². The third-order valence-electron chi connectivity index (χ3n) is 2.84. The van der Waals surface area contributed by atoms with E-state index in [1.165, 1.54) is 31.4 Å². The normalized spacial score (nSPS) is 14.6. The zero-order valence-electron chi connectivity index (χ0n) is 11.3. The highest BCUT2D eigenvalue weighted by Crippen LogP contribution is 2.62. The van der Waals surface area contributed by atoms with Crippen LogP contribution in [0.5, 0.6) is 5.75 Å². The van der Waals surface area contributed by atoms with Gasteiger partial charge in [0.2, 0.25) is 6.54 Å². The molecule has 1 atom stereocenters. The summed E-state index contributed by atoms with van der Waals surface area (Å²) >= 11 is 0. The Morgan fingerprint density at radius 2 is 1.75 bits per heavy atom. The highest BCUT2D eigenvalue weighted by molar-refractivity contribution is 7.54. The van der Waals surface area contributed by atoms with Crippen LogP contribution in [0, 0.1) is 10.1 Å². The van der Waals surface area contributed by atoms with E-state index in [0.717, 1.165) is 14.2 Å². The quantitative estimate of drug-likeness (QED) is 0.463. The lowest BCUT2D eigenvalue weighted by Gasteiger charge is -2.30. The molecule has 0 saturated heterocycles. The number of rotatable bonds is 7. The minimum atomic E-state index is -4.13. The van der Waals surface area contributed by atoms with Crippen LogP contribution in [-0.4, -0.2) is 37.9 Å². The Bertz CT molecular complexity index is 510. The smallest absolute Gasteiger partial charge is 0.372 e. The van der Waals surface area contributed by atoms with E-state index in [1.54, 1.807) is 0 Å². The molecule has 0 aliphatic heterocycles. The number of aliphatic hydroxyl groups is 1. The van der Waals surface area contributed by atoms with Gasteiger partial charge in [-0.2, -0.15) is 0 Å². The number of hydrogen-bond donors (Lipinski definition) is 1. The molecule has 9 heteroatoms. The topological polar surface area (TPSA) is 108 Å². The van der Waals surface area contributed by atoms with Crippen LogP contribution in [0.2, 0.25) is 0 Å². The Morgan fingerprint density at radius 1 is 1.25 bits per heavy atom. The Morgan fingerprint density at radius 3 is 2.10 bits per heavy atom. The van der Waals surface area contributed by atoms with Crippen molar-refractivity contribution < 1.29 is 28.4 Å². The molecule has 0 spiro atoms. The molecule has 1 aromatic carbocycles. The van der Waals surface area contributed by atoms with Crippen LogP contribution in [-0.2, 0) is 19.0 Å². The number of ether oxygens (including phenoxy) is 1. The van der Waals surface area contributed by atoms with Gasteiger partial charge in [-0.25, -0.2) is 0 Å². The van der Waals surface area contributed by atoms with Crippen molar-refractivity contribution in [2.45, 2.75) is 5.34 Å². The highest BCUT2D eigenvalue weighted by atomic mass is 31.2. The minimum Gasteiger partial charge on any atom is -0.497 e. The summed E-state index contributed by atoms with van der Waals surface area (Å²) in [7, 11) is -0.569. The first-order chi connectivity index (χ1) is 9.32. The summed E-state index contributed by atoms with van der Waals surface area (Å²) in [5.74, 6) is 0.488. The fraction of sp³-hybridized carbons (Fsp3) is 0.455. The summed E-state index contributed by atoms with van der Waals surface area (Å²) in [6.45, 7) is -1.02. The first kappa shape index (κ1) is 16.6. The van der Waals surface area contributed by atoms with Gasteiger partial charge in [0.25, 0.3) is 5.34 Å². The molecule has 0 heterocycles. The first-order valence-corrected chi connectivity index (χ1v) is 7.07. The fourth-order valence-corrected chi connectivity index (χ4v) is 3.26. The number of nitrogens with zero attached hydrogens (tertiary/aromatic N) is 1. The first-order valence-electron chi connectivity index (χ1n) is 5.53. The van der Waals surface area contributed by atoms with E-state index >= 15 is 0 Å². The van der Waals surface area contributed by atoms with Crippen molar-refractivity contribution in [3.8, 4) is 5.75 Å². The van der Waals surface area contributed by atoms with Crippen LogP contribution in [0.25, 0.3) is 0 Å². The van der Waals surface area contributed by atoms with Gasteiger partial charge in [0.05, 0.1) is 7.11 Å². The van der Waals surface area contributed by atoms with Gasteiger partial charge in [-0.15, -0.1) is 0 Å². The monoisotopic (exact) mass is 305 g/mol. The predicted octanol–water partition coefficient (Wildman–Crippen LogP) is 1.60. The predicted molar refractivity (Wildman–Crippen MR) is 70.4 cm³/mol. The van der Waals surface area contributed by atoms with E-state index in [-0.39, 0.29) is 5.56 Å². The summed E-state index contributed by atoms with van der Waals surface area (Å²) < 4.78 is 26.8. The summed E-state index contributed by atoms with van der Waals surface area (Å²) in [4.78, 5) is 10.00. The Balaban J connectivity index is 3.36. The van der Waals surface area contributed by atoms with E-state index in [1.807, 2.05) is 0 Å². The molecule has 8 nitrogen and oxygen atoms in total. The van der Waals surface area contributed by atoms with Crippen molar-refractivity contribution in [1.29, 1.82) is 0 Å². The molecule has 112 valence electrons. The van der Waals surface area contributed by atoms with Crippen molar-refractivity contribution in [3.63, 3.8) is 0 Å². The van der Waals surface area contributed by atoms with Crippen LogP contribution >= 0.6 is 7.60 Å². The SMILES string of the molecule is COc1ccc(C(O)(C[N+](=O)[O-])P(=O)(OC)OC)cc1. The molecule has 0 saturated carbocycles. The van der Waals surface area contributed by atoms with Gasteiger partial charge in [-0.05, 0) is 12.1 Å². The lowest BCUT2D eigenvalue weighted by molar-refractivity contribution is -0.496. The average Bonchev–Trinajstić information content (AvgIpc) is 2.45. The molecule has 0 radical (unpaired) electrons. The van der Waals surface area contributed by atoms with E-state index in [4.69, 9.17) is 13.8 Å². The highest BCUT2D eigenvalue weighted by Gasteiger charge is 2.54. The maximum Gasteiger partial charge on any atom is 0.372 e. The summed E-state index contributed by atoms with van der Waals surface area (Å²) in [6, 6.07) is 5.70. The molecule has 0 bridgehead atoms. The molecule has 0 amide bonds. The van der Waals surface area contributed by atoms with Crippen molar-refractivity contribution >= 4 is 7.60 Å². The molecule has 20 heavy (non-hydrogen) atoms. The van der Waals surface area contributed by atoms with Crippen molar-refractivity contribution in [3.05, 3.63) is 39.9 Å².